The molecule has 0 saturated carbocycles. The lowest BCUT2D eigenvalue weighted by molar-refractivity contribution is 0.0901. The molecule has 0 saturated heterocycles. The number of nitrogens with zero attached hydrogens (tertiary/aromatic N) is 13. The third-order valence-electron chi connectivity index (χ3n) is 19.6. The molecule has 4 amide bonds. The second kappa shape index (κ2) is 47.2. The third kappa shape index (κ3) is 30.7. The van der Waals surface area contributed by atoms with E-state index in [0.29, 0.717) is 44.9 Å². The molecule has 14 aromatic rings. The average Bonchev–Trinajstić information content (AvgIpc) is 0.799. The first-order valence-corrected chi connectivity index (χ1v) is 48.3. The first-order valence-electron chi connectivity index (χ1n) is 41.1. The van der Waals surface area contributed by atoms with Crippen LogP contribution in [0, 0.1) is 6.57 Å². The number of halogens is 3. The number of nitrogens with two attached hydrogens (primary N) is 1. The van der Waals surface area contributed by atoms with Crippen LogP contribution in [0.5, 0.6) is 0 Å². The van der Waals surface area contributed by atoms with Crippen LogP contribution in [0.4, 0.5) is 5.69 Å². The van der Waals surface area contributed by atoms with Crippen molar-refractivity contribution in [1.82, 2.24) is 102 Å². The Labute approximate surface area is 809 Å². The van der Waals surface area contributed by atoms with Crippen molar-refractivity contribution < 1.29 is 61.5 Å². The van der Waals surface area contributed by atoms with Gasteiger partial charge in [-0.3, -0.25) is 52.1 Å². The fourth-order valence-electron chi connectivity index (χ4n) is 12.1. The second-order valence-corrected chi connectivity index (χ2v) is 40.0. The zero-order chi connectivity index (χ0) is 100. The molecule has 0 radical (unpaired) electrons. The Morgan fingerprint density at radius 1 is 0.372 bits per heavy atom. The van der Waals surface area contributed by atoms with E-state index in [0.717, 1.165) is 42.5 Å². The van der Waals surface area contributed by atoms with E-state index in [-0.39, 0.29) is 74.9 Å². The molecule has 14 N–H and O–H groups in total. The van der Waals surface area contributed by atoms with E-state index in [2.05, 4.69) is 155 Å². The number of aromatic amines is 4. The van der Waals surface area contributed by atoms with E-state index < -0.39 is 90.8 Å². The molecule has 0 bridgehead atoms. The zero-order valence-corrected chi connectivity index (χ0v) is 82.9. The zero-order valence-electron chi connectivity index (χ0n) is 75.5. The molecule has 14 rings (SSSR count). The minimum absolute atomic E-state index is 0.0668. The summed E-state index contributed by atoms with van der Waals surface area (Å²) >= 11 is 10.0. The number of hydrogen-bond donors (Lipinski definition) is 13. The molecule has 710 valence electrons. The van der Waals surface area contributed by atoms with Crippen molar-refractivity contribution in [3.05, 3.63) is 360 Å². The maximum absolute atomic E-state index is 12.9. The van der Waals surface area contributed by atoms with Crippen LogP contribution in [0.2, 0.25) is 0 Å². The van der Waals surface area contributed by atoms with Gasteiger partial charge in [0.2, 0.25) is 0 Å². The summed E-state index contributed by atoms with van der Waals surface area (Å²) in [7, 11) is -12.1. The van der Waals surface area contributed by atoms with Gasteiger partial charge < -0.3 is 75.6 Å². The van der Waals surface area contributed by atoms with E-state index in [1.165, 1.54) is 85.7 Å². The molecule has 0 aliphatic rings. The van der Waals surface area contributed by atoms with Gasteiger partial charge in [-0.25, -0.2) is 24.8 Å². The lowest BCUT2D eigenvalue weighted by atomic mass is 9.94. The minimum Gasteiger partial charge on any atom is -0.343 e. The number of benzene rings is 6. The van der Waals surface area contributed by atoms with Gasteiger partial charge in [-0.1, -0.05) is 133 Å². The number of aromatic nitrogens is 16. The summed E-state index contributed by atoms with van der Waals surface area (Å²) in [4.78, 5) is 167. The van der Waals surface area contributed by atoms with Crippen LogP contribution < -0.4 is 65.2 Å². The summed E-state index contributed by atoms with van der Waals surface area (Å²) in [6.07, 6.45) is 10.8. The van der Waals surface area contributed by atoms with Crippen LogP contribution >= 0.6 is 70.6 Å². The minimum atomic E-state index is -4.35. The van der Waals surface area contributed by atoms with Gasteiger partial charge in [0, 0.05) is 68.5 Å². The summed E-state index contributed by atoms with van der Waals surface area (Å²) in [5.41, 5.74) is 5.58. The number of rotatable bonds is 24. The van der Waals surface area contributed by atoms with E-state index in [4.69, 9.17) is 21.4 Å². The maximum Gasteiger partial charge on any atom is 0.361 e. The van der Waals surface area contributed by atoms with Gasteiger partial charge in [0.15, 0.2) is 29.0 Å². The van der Waals surface area contributed by atoms with Crippen LogP contribution in [0.3, 0.4) is 0 Å². The first kappa shape index (κ1) is 107. The van der Waals surface area contributed by atoms with Crippen molar-refractivity contribution >= 4 is 116 Å². The van der Waals surface area contributed by atoms with Gasteiger partial charge in [0.1, 0.15) is 45.0 Å². The molecule has 0 fully saturated rings. The van der Waals surface area contributed by atoms with Gasteiger partial charge in [0.25, 0.3) is 45.9 Å². The predicted molar refractivity (Wildman–Crippen MR) is 525 cm³/mol. The molecule has 0 unspecified atom stereocenters. The molecular formula is C92H94Br3N22O17P3. The Bertz CT molecular complexity index is 6790. The standard InChI is InChI=1S/C22H26N5O5P.C18H16BrN5O2.2C18H18N5O5P.C9H12BrN.C7H4BrN/c1-5-31-33(30,32-6-2)16-11-9-15(10-12-16)22(3,4)26-21(29)17-14-23-19(25-20(17)28)18-8-7-13-24-27-18;1-18(2,11-5-7-12(19)8-6-11)23-17(26)13-10-20-15(22-16(13)25)14-4-3-9-21-24-14;2*1-18(2,11-5-7-12(8-6-11)29(26,27)28)22-17(25)13-10-19-15(21-16(13)24)14-4-3-9-20-23-14;1-9(2,11)7-3-5-8(10)6-4-7;1-9-7-4-2-6(8)3-5-7/h7-14H,5-6H2,1-4H3,(H,26,29)(H,23,25,28);3-10H,1-2H3,(H,23,26)(H,20,22,25);2*3-10H,1-2H3,(H,22,25)(H,19,21,24)(H2,26,27,28);3-6H,11H2,1-2H3;2-5H. The smallest absolute Gasteiger partial charge is 0.343 e. The normalized spacial score (nSPS) is 11.5. The molecule has 137 heavy (non-hydrogen) atoms. The highest BCUT2D eigenvalue weighted by Gasteiger charge is 2.33. The number of carbonyl (C=O) groups is 4. The summed E-state index contributed by atoms with van der Waals surface area (Å²) in [5, 5.41) is 41.7. The Hall–Kier alpha value is -13.6. The Kier molecular flexibility index (Phi) is 36.9. The number of hydrogen-bond acceptors (Lipinski definition) is 26. The quantitative estimate of drug-likeness (QED) is 0.0197. The van der Waals surface area contributed by atoms with Crippen LogP contribution in [0.1, 0.15) is 152 Å². The molecule has 8 heterocycles. The van der Waals surface area contributed by atoms with E-state index in [1.54, 1.807) is 140 Å². The van der Waals surface area contributed by atoms with Gasteiger partial charge in [-0.2, -0.15) is 20.4 Å². The Morgan fingerprint density at radius 2 is 0.599 bits per heavy atom. The van der Waals surface area contributed by atoms with Crippen molar-refractivity contribution in [3.8, 4) is 46.1 Å². The van der Waals surface area contributed by atoms with E-state index in [1.807, 2.05) is 88.4 Å². The van der Waals surface area contributed by atoms with Crippen LogP contribution in [0.15, 0.2) is 276 Å². The topological polar surface area (TPSA) is 583 Å². The van der Waals surface area contributed by atoms with Crippen LogP contribution in [-0.2, 0) is 50.4 Å². The highest BCUT2D eigenvalue weighted by Crippen LogP contribution is 2.47. The van der Waals surface area contributed by atoms with Crippen LogP contribution in [-0.4, -0.2) is 137 Å². The molecule has 0 aliphatic carbocycles. The van der Waals surface area contributed by atoms with E-state index >= 15 is 0 Å². The average molecular weight is 2110 g/mol. The summed E-state index contributed by atoms with van der Waals surface area (Å²) < 4.78 is 49.3. The number of carbonyl (C=O) groups excluding carboxylic acids is 4. The number of H-pyrrole nitrogens is 4. The monoisotopic (exact) mass is 2110 g/mol. The molecule has 45 heteroatoms. The van der Waals surface area contributed by atoms with Gasteiger partial charge >= 0.3 is 22.8 Å². The van der Waals surface area contributed by atoms with Gasteiger partial charge in [-0.05, 0) is 220 Å². The Balaban J connectivity index is 0.000000191. The number of amides is 4. The van der Waals surface area contributed by atoms with Crippen LogP contribution in [0.25, 0.3) is 50.9 Å². The lowest BCUT2D eigenvalue weighted by Gasteiger charge is -2.27. The van der Waals surface area contributed by atoms with Crippen molar-refractivity contribution in [1.29, 1.82) is 0 Å². The molecule has 0 spiro atoms. The third-order valence-corrected chi connectivity index (χ3v) is 25.3. The summed E-state index contributed by atoms with van der Waals surface area (Å²) in [6, 6.07) is 54.1. The van der Waals surface area contributed by atoms with Crippen molar-refractivity contribution in [3.63, 3.8) is 0 Å². The largest absolute Gasteiger partial charge is 0.361 e. The van der Waals surface area contributed by atoms with Crippen molar-refractivity contribution in [2.75, 3.05) is 13.2 Å². The summed E-state index contributed by atoms with van der Waals surface area (Å²) in [6.45, 7) is 28.7. The Morgan fingerprint density at radius 3 is 0.803 bits per heavy atom. The molecule has 39 nitrogen and oxygen atoms in total. The fourth-order valence-corrected chi connectivity index (χ4v) is 15.6. The maximum atomic E-state index is 12.9. The molecule has 0 atom stereocenters. The molecule has 8 aromatic heterocycles. The highest BCUT2D eigenvalue weighted by molar-refractivity contribution is 9.11. The highest BCUT2D eigenvalue weighted by atomic mass is 79.9. The SMILES string of the molecule is CC(C)(N)c1ccc(Br)cc1.CC(C)(NC(=O)c1cnc(-c2cccnn2)[nH]c1=O)c1ccc(Br)cc1.CC(C)(NC(=O)c1cnc(-c2cccnn2)[nH]c1=O)c1ccc(P(=O)(O)O)cc1.CC(C)(NC(=O)c1cnc(-c2cccnn2)[nH]c1=O)c1ccc(P(=O)(O)O)cc1.CCOP(=O)(OCC)c1ccc(C(C)(C)NC(=O)c2cnc(-c3cccnn3)[nH]c2=O)cc1.[C-]#[N+]c1ccc(Br)cc1. The summed E-state index contributed by atoms with van der Waals surface area (Å²) in [5.74, 6) is -1.53. The van der Waals surface area contributed by atoms with Crippen molar-refractivity contribution in [2.24, 2.45) is 5.73 Å². The van der Waals surface area contributed by atoms with Gasteiger partial charge in [-0.15, -0.1) is 20.4 Å². The molecule has 6 aromatic carbocycles. The number of nitrogens with one attached hydrogen (secondary N) is 8. The molecule has 0 aliphatic heterocycles. The molecular weight excluding hydrogens is 2020 g/mol. The lowest BCUT2D eigenvalue weighted by Crippen LogP contribution is -2.43. The van der Waals surface area contributed by atoms with Crippen molar-refractivity contribution in [2.45, 2.75) is 111 Å². The second-order valence-electron chi connectivity index (χ2n) is 32.0. The van der Waals surface area contributed by atoms with Gasteiger partial charge in [0.05, 0.1) is 57.9 Å². The predicted octanol–water partition coefficient (Wildman–Crippen LogP) is 12.5. The fraction of sp³-hybridized carbons (Fsp3) is 0.207. The first-order chi connectivity index (χ1) is 64.5. The van der Waals surface area contributed by atoms with E-state index in [9.17, 15) is 71.6 Å².